The Hall–Kier alpha value is -3.13. The average Bonchev–Trinajstić information content (AvgIpc) is 2.86. The van der Waals surface area contributed by atoms with Crippen molar-refractivity contribution < 1.29 is 19.1 Å². The van der Waals surface area contributed by atoms with Crippen molar-refractivity contribution in [3.05, 3.63) is 53.7 Å². The first kappa shape index (κ1) is 24.0. The number of hydrogen-bond donors (Lipinski definition) is 1. The van der Waals surface area contributed by atoms with E-state index in [9.17, 15) is 9.59 Å². The number of nitrogen functional groups attached to an aromatic ring is 1. The molecule has 5 rings (SSSR count). The number of pyridine rings is 1. The fourth-order valence-corrected chi connectivity index (χ4v) is 5.01. The van der Waals surface area contributed by atoms with Gasteiger partial charge in [0.15, 0.2) is 0 Å². The number of para-hydroxylation sites is 1. The molecule has 1 aromatic heterocycles. The second-order valence-electron chi connectivity index (χ2n) is 9.27. The van der Waals surface area contributed by atoms with Crippen LogP contribution in [0, 0.1) is 5.41 Å². The summed E-state index contributed by atoms with van der Waals surface area (Å²) in [6.07, 6.45) is 4.68. The van der Waals surface area contributed by atoms with Gasteiger partial charge >= 0.3 is 0 Å². The van der Waals surface area contributed by atoms with Crippen LogP contribution in [0.2, 0.25) is 0 Å². The molecule has 1 saturated heterocycles. The summed E-state index contributed by atoms with van der Waals surface area (Å²) >= 11 is 0. The molecular formula is C26H34N4O4. The third kappa shape index (κ3) is 5.50. The average molecular weight is 467 g/mol. The van der Waals surface area contributed by atoms with Gasteiger partial charge in [-0.3, -0.25) is 9.59 Å². The summed E-state index contributed by atoms with van der Waals surface area (Å²) < 4.78 is 11.6. The number of nitrogens with two attached hydrogens (primary N) is 1. The third-order valence-corrected chi connectivity index (χ3v) is 6.96. The van der Waals surface area contributed by atoms with Crippen LogP contribution < -0.4 is 10.5 Å². The van der Waals surface area contributed by atoms with Crippen molar-refractivity contribution in [3.8, 4) is 5.75 Å². The first-order valence-electron chi connectivity index (χ1n) is 12.0. The van der Waals surface area contributed by atoms with Gasteiger partial charge in [-0.1, -0.05) is 24.6 Å². The largest absolute Gasteiger partial charge is 0.491 e. The fourth-order valence-electron chi connectivity index (χ4n) is 5.01. The van der Waals surface area contributed by atoms with Crippen LogP contribution in [0.15, 0.2) is 42.5 Å². The molecule has 0 saturated carbocycles. The predicted molar refractivity (Wildman–Crippen MR) is 130 cm³/mol. The van der Waals surface area contributed by atoms with Crippen molar-refractivity contribution in [3.63, 3.8) is 0 Å². The Bertz CT molecular complexity index is 1000. The molecule has 2 amide bonds. The van der Waals surface area contributed by atoms with Gasteiger partial charge in [0.2, 0.25) is 0 Å². The maximum atomic E-state index is 13.3. The highest BCUT2D eigenvalue weighted by molar-refractivity contribution is 5.97. The van der Waals surface area contributed by atoms with E-state index in [1.807, 2.05) is 29.2 Å². The predicted octanol–water partition coefficient (Wildman–Crippen LogP) is 3.24. The smallest absolute Gasteiger partial charge is 0.272 e. The van der Waals surface area contributed by atoms with Crippen molar-refractivity contribution in [2.45, 2.75) is 32.1 Å². The quantitative estimate of drug-likeness (QED) is 0.746. The maximum absolute atomic E-state index is 13.3. The van der Waals surface area contributed by atoms with E-state index in [1.165, 1.54) is 0 Å². The van der Waals surface area contributed by atoms with Gasteiger partial charge in [0.1, 0.15) is 23.9 Å². The number of piperidine rings is 1. The molecule has 4 heterocycles. The van der Waals surface area contributed by atoms with Gasteiger partial charge in [-0.25, -0.2) is 4.98 Å². The number of methoxy groups -OCH3 is 1. The summed E-state index contributed by atoms with van der Waals surface area (Å²) in [5, 5.41) is 0. The molecule has 0 atom stereocenters. The number of ether oxygens (including phenoxy) is 2. The highest BCUT2D eigenvalue weighted by Crippen LogP contribution is 2.38. The van der Waals surface area contributed by atoms with Crippen molar-refractivity contribution in [1.29, 1.82) is 0 Å². The van der Waals surface area contributed by atoms with Crippen LogP contribution >= 0.6 is 0 Å². The highest BCUT2D eigenvalue weighted by atomic mass is 16.5. The number of amides is 2. The van der Waals surface area contributed by atoms with Crippen LogP contribution in [0.25, 0.3) is 0 Å². The summed E-state index contributed by atoms with van der Waals surface area (Å²) in [6, 6.07) is 12.4. The molecule has 8 nitrogen and oxygen atoms in total. The lowest BCUT2D eigenvalue weighted by Gasteiger charge is -2.41. The molecule has 2 aromatic rings. The zero-order valence-corrected chi connectivity index (χ0v) is 19.9. The Morgan fingerprint density at radius 2 is 1.85 bits per heavy atom. The van der Waals surface area contributed by atoms with Gasteiger partial charge < -0.3 is 25.0 Å². The van der Waals surface area contributed by atoms with Gasteiger partial charge in [0, 0.05) is 26.7 Å². The molecule has 8 heteroatoms. The molecule has 0 spiro atoms. The third-order valence-electron chi connectivity index (χ3n) is 6.96. The molecule has 1 fully saturated rings. The van der Waals surface area contributed by atoms with Crippen LogP contribution in [0.4, 0.5) is 5.82 Å². The Labute approximate surface area is 201 Å². The Balaban J connectivity index is 1.58. The molecule has 3 aliphatic heterocycles. The summed E-state index contributed by atoms with van der Waals surface area (Å²) in [5.41, 5.74) is 6.75. The monoisotopic (exact) mass is 466 g/mol. The number of anilines is 1. The number of fused-ring (bicyclic) bond motifs is 9. The SMILES string of the molecule is COCC12CCCCN(C(=O)c3cccc(N)n3)CCOc3ccccc3C(=O)N(CC1)CC2. The van der Waals surface area contributed by atoms with Gasteiger partial charge in [0.25, 0.3) is 11.8 Å². The van der Waals surface area contributed by atoms with Crippen LogP contribution in [0.3, 0.4) is 0 Å². The molecular weight excluding hydrogens is 432 g/mol. The number of carbonyl (C=O) groups excluding carboxylic acids is 2. The minimum Gasteiger partial charge on any atom is -0.491 e. The normalized spacial score (nSPS) is 19.0. The molecule has 34 heavy (non-hydrogen) atoms. The summed E-state index contributed by atoms with van der Waals surface area (Å²) in [4.78, 5) is 34.4. The number of rotatable bonds is 3. The molecule has 0 unspecified atom stereocenters. The fraction of sp³-hybridized carbons (Fsp3) is 0.500. The molecule has 0 radical (unpaired) electrons. The van der Waals surface area contributed by atoms with Crippen molar-refractivity contribution >= 4 is 17.6 Å². The van der Waals surface area contributed by atoms with E-state index >= 15 is 0 Å². The second kappa shape index (κ2) is 10.9. The van der Waals surface area contributed by atoms with Gasteiger partial charge in [-0.05, 0) is 55.4 Å². The van der Waals surface area contributed by atoms with Crippen LogP contribution in [0.5, 0.6) is 5.75 Å². The minimum atomic E-state index is -0.164. The molecule has 0 aliphatic carbocycles. The molecule has 1 aromatic carbocycles. The van der Waals surface area contributed by atoms with Gasteiger partial charge in [-0.15, -0.1) is 0 Å². The number of carbonyl (C=O) groups is 2. The Morgan fingerprint density at radius 3 is 2.62 bits per heavy atom. The number of nitrogens with zero attached hydrogens (tertiary/aromatic N) is 3. The first-order valence-corrected chi connectivity index (χ1v) is 12.0. The van der Waals surface area contributed by atoms with E-state index in [2.05, 4.69) is 4.98 Å². The number of hydrogen-bond acceptors (Lipinski definition) is 6. The Morgan fingerprint density at radius 1 is 1.06 bits per heavy atom. The standard InChI is InChI=1S/C26H34N4O4/c1-33-19-26-11-4-5-14-29(25(32)21-8-6-10-23(27)28-21)17-18-34-22-9-3-2-7-20(22)24(31)30(15-12-26)16-13-26/h2-3,6-10H,4-5,11-19H2,1H3,(H2,27,28). The summed E-state index contributed by atoms with van der Waals surface area (Å²) in [7, 11) is 1.74. The van der Waals surface area contributed by atoms with Crippen LogP contribution in [-0.2, 0) is 4.74 Å². The van der Waals surface area contributed by atoms with E-state index < -0.39 is 0 Å². The van der Waals surface area contributed by atoms with Crippen LogP contribution in [0.1, 0.15) is 53.0 Å². The Kier molecular flexibility index (Phi) is 7.67. The van der Waals surface area contributed by atoms with Gasteiger partial charge in [-0.2, -0.15) is 0 Å². The summed E-state index contributed by atoms with van der Waals surface area (Å²) in [6.45, 7) is 3.39. The molecule has 2 N–H and O–H groups in total. The van der Waals surface area contributed by atoms with E-state index in [0.717, 1.165) is 32.1 Å². The lowest BCUT2D eigenvalue weighted by molar-refractivity contribution is 0.0136. The van der Waals surface area contributed by atoms with Crippen molar-refractivity contribution in [1.82, 2.24) is 14.8 Å². The lowest BCUT2D eigenvalue weighted by atomic mass is 9.75. The number of aromatic nitrogens is 1. The van der Waals surface area contributed by atoms with E-state index in [1.54, 1.807) is 30.2 Å². The first-order chi connectivity index (χ1) is 16.5. The van der Waals surface area contributed by atoms with E-state index in [4.69, 9.17) is 15.2 Å². The van der Waals surface area contributed by atoms with Crippen molar-refractivity contribution in [2.24, 2.45) is 5.41 Å². The zero-order valence-electron chi connectivity index (χ0n) is 19.9. The topological polar surface area (TPSA) is 98.0 Å². The molecule has 3 aliphatic rings. The molecule has 2 bridgehead atoms. The number of benzene rings is 1. The zero-order chi connectivity index (χ0) is 24.0. The van der Waals surface area contributed by atoms with E-state index in [-0.39, 0.29) is 23.8 Å². The highest BCUT2D eigenvalue weighted by Gasteiger charge is 2.36. The van der Waals surface area contributed by atoms with Crippen molar-refractivity contribution in [2.75, 3.05) is 52.2 Å². The lowest BCUT2D eigenvalue weighted by Crippen LogP contribution is -2.45. The minimum absolute atomic E-state index is 0.00613. The van der Waals surface area contributed by atoms with Crippen LogP contribution in [-0.4, -0.2) is 73.1 Å². The summed E-state index contributed by atoms with van der Waals surface area (Å²) in [5.74, 6) is 0.697. The maximum Gasteiger partial charge on any atom is 0.272 e. The van der Waals surface area contributed by atoms with Gasteiger partial charge in [0.05, 0.1) is 18.7 Å². The van der Waals surface area contributed by atoms with E-state index in [0.29, 0.717) is 55.6 Å². The second-order valence-corrected chi connectivity index (χ2v) is 9.27. The molecule has 182 valence electrons.